The van der Waals surface area contributed by atoms with Crippen LogP contribution >= 0.6 is 0 Å². The third-order valence-electron chi connectivity index (χ3n) is 4.92. The van der Waals surface area contributed by atoms with Crippen molar-refractivity contribution in [3.05, 3.63) is 58.2 Å². The zero-order valence-electron chi connectivity index (χ0n) is 15.6. The number of hydrogen-bond acceptors (Lipinski definition) is 4. The van der Waals surface area contributed by atoms with E-state index in [1.165, 1.54) is 12.1 Å². The number of benzene rings is 1. The van der Waals surface area contributed by atoms with Gasteiger partial charge in [0.1, 0.15) is 5.82 Å². The summed E-state index contributed by atoms with van der Waals surface area (Å²) in [6.45, 7) is 7.87. The molecule has 3 rings (SSSR count). The lowest BCUT2D eigenvalue weighted by Gasteiger charge is -2.39. The quantitative estimate of drug-likeness (QED) is 0.831. The molecular weight excluding hydrogens is 333 g/mol. The van der Waals surface area contributed by atoms with Gasteiger partial charge in [-0.25, -0.2) is 9.18 Å². The van der Waals surface area contributed by atoms with Gasteiger partial charge in [0, 0.05) is 29.3 Å². The molecule has 1 aromatic carbocycles. The van der Waals surface area contributed by atoms with E-state index < -0.39 is 17.7 Å². The summed E-state index contributed by atoms with van der Waals surface area (Å²) in [6, 6.07) is 6.10. The maximum absolute atomic E-state index is 13.9. The molecule has 0 aromatic heterocycles. The van der Waals surface area contributed by atoms with Gasteiger partial charge in [0.2, 0.25) is 0 Å². The molecule has 1 N–H and O–H groups in total. The summed E-state index contributed by atoms with van der Waals surface area (Å²) in [4.78, 5) is 25.6. The lowest BCUT2D eigenvalue weighted by Crippen LogP contribution is -2.38. The summed E-state index contributed by atoms with van der Waals surface area (Å²) in [7, 11) is 0. The molecule has 0 amide bonds. The molecule has 1 aromatic rings. The number of ether oxygens (including phenoxy) is 1. The summed E-state index contributed by atoms with van der Waals surface area (Å²) >= 11 is 0. The Bertz CT molecular complexity index is 835. The second kappa shape index (κ2) is 6.71. The number of ketones is 1. The fourth-order valence-corrected chi connectivity index (χ4v) is 3.93. The molecule has 0 bridgehead atoms. The Balaban J connectivity index is 2.18. The van der Waals surface area contributed by atoms with Crippen molar-refractivity contribution < 1.29 is 18.7 Å². The van der Waals surface area contributed by atoms with Crippen molar-refractivity contribution in [2.24, 2.45) is 5.41 Å². The van der Waals surface area contributed by atoms with E-state index in [0.29, 0.717) is 35.2 Å². The van der Waals surface area contributed by atoms with Crippen molar-refractivity contribution in [1.82, 2.24) is 5.32 Å². The number of carbonyl (C=O) groups excluding carboxylic acids is 2. The van der Waals surface area contributed by atoms with Crippen LogP contribution in [0.2, 0.25) is 0 Å². The third kappa shape index (κ3) is 3.30. The van der Waals surface area contributed by atoms with Gasteiger partial charge in [-0.2, -0.15) is 0 Å². The summed E-state index contributed by atoms with van der Waals surface area (Å²) < 4.78 is 19.1. The highest BCUT2D eigenvalue weighted by molar-refractivity contribution is 6.04. The Morgan fingerprint density at radius 3 is 2.73 bits per heavy atom. The smallest absolute Gasteiger partial charge is 0.336 e. The normalized spacial score (nSPS) is 22.0. The predicted octanol–water partition coefficient (Wildman–Crippen LogP) is 3.99. The van der Waals surface area contributed by atoms with Crippen molar-refractivity contribution in [2.75, 3.05) is 6.61 Å². The van der Waals surface area contributed by atoms with Crippen molar-refractivity contribution in [3.63, 3.8) is 0 Å². The Hall–Kier alpha value is -2.43. The number of Topliss-reactive ketones (excluding diaryl/α,β-unsaturated/α-hetero) is 1. The highest BCUT2D eigenvalue weighted by Crippen LogP contribution is 2.46. The Labute approximate surface area is 153 Å². The SMILES string of the molecule is CCOC(=O)C1=C(C)NC2=C(C(=O)CC(C)(C)C2)C1c1cccc(F)c1. The average molecular weight is 357 g/mol. The molecule has 1 unspecified atom stereocenters. The monoisotopic (exact) mass is 357 g/mol. The molecule has 4 nitrogen and oxygen atoms in total. The molecular formula is C21H24FNO3. The van der Waals surface area contributed by atoms with Crippen LogP contribution in [0.3, 0.4) is 0 Å². The number of carbonyl (C=O) groups is 2. The number of esters is 1. The Kier molecular flexibility index (Phi) is 4.74. The molecule has 1 aliphatic heterocycles. The van der Waals surface area contributed by atoms with Gasteiger partial charge in [-0.1, -0.05) is 26.0 Å². The first-order valence-electron chi connectivity index (χ1n) is 8.90. The second-order valence-corrected chi connectivity index (χ2v) is 7.71. The first-order valence-corrected chi connectivity index (χ1v) is 8.90. The van der Waals surface area contributed by atoms with E-state index in [4.69, 9.17) is 4.74 Å². The molecule has 1 aliphatic carbocycles. The standard InChI is InChI=1S/C21H24FNO3/c1-5-26-20(25)17-12(2)23-15-10-21(3,4)11-16(24)19(15)18(17)13-7-6-8-14(22)9-13/h6-9,18,23H,5,10-11H2,1-4H3. The summed E-state index contributed by atoms with van der Waals surface area (Å²) in [6.07, 6.45) is 1.10. The van der Waals surface area contributed by atoms with Gasteiger partial charge in [-0.15, -0.1) is 0 Å². The van der Waals surface area contributed by atoms with Crippen LogP contribution in [0.4, 0.5) is 4.39 Å². The highest BCUT2D eigenvalue weighted by Gasteiger charge is 2.43. The number of allylic oxidation sites excluding steroid dienone is 3. The van der Waals surface area contributed by atoms with Crippen LogP contribution in [0.25, 0.3) is 0 Å². The van der Waals surface area contributed by atoms with Gasteiger partial charge in [0.05, 0.1) is 12.2 Å². The summed E-state index contributed by atoms with van der Waals surface area (Å²) in [5, 5.41) is 3.25. The fourth-order valence-electron chi connectivity index (χ4n) is 3.93. The molecule has 0 saturated carbocycles. The molecule has 138 valence electrons. The topological polar surface area (TPSA) is 55.4 Å². The molecule has 26 heavy (non-hydrogen) atoms. The summed E-state index contributed by atoms with van der Waals surface area (Å²) in [5.74, 6) is -1.49. The number of halogens is 1. The fraction of sp³-hybridized carbons (Fsp3) is 0.429. The number of rotatable bonds is 3. The zero-order chi connectivity index (χ0) is 19.1. The van der Waals surface area contributed by atoms with Crippen LogP contribution in [-0.2, 0) is 14.3 Å². The number of hydrogen-bond donors (Lipinski definition) is 1. The van der Waals surface area contributed by atoms with Crippen molar-refractivity contribution in [1.29, 1.82) is 0 Å². The molecule has 0 saturated heterocycles. The van der Waals surface area contributed by atoms with Gasteiger partial charge in [0.25, 0.3) is 0 Å². The molecule has 1 atom stereocenters. The molecule has 5 heteroatoms. The van der Waals surface area contributed by atoms with Crippen LogP contribution in [-0.4, -0.2) is 18.4 Å². The van der Waals surface area contributed by atoms with Gasteiger partial charge in [-0.3, -0.25) is 4.79 Å². The lowest BCUT2D eigenvalue weighted by molar-refractivity contribution is -0.138. The predicted molar refractivity (Wildman–Crippen MR) is 96.7 cm³/mol. The Morgan fingerprint density at radius 2 is 2.08 bits per heavy atom. The second-order valence-electron chi connectivity index (χ2n) is 7.71. The lowest BCUT2D eigenvalue weighted by atomic mass is 9.68. The summed E-state index contributed by atoms with van der Waals surface area (Å²) in [5.41, 5.74) is 2.85. The van der Waals surface area contributed by atoms with Gasteiger partial charge >= 0.3 is 5.97 Å². The number of dihydropyridines is 1. The largest absolute Gasteiger partial charge is 0.463 e. The van der Waals surface area contributed by atoms with E-state index >= 15 is 0 Å². The van der Waals surface area contributed by atoms with E-state index in [1.807, 2.05) is 13.8 Å². The highest BCUT2D eigenvalue weighted by atomic mass is 19.1. The molecule has 2 aliphatic rings. The van der Waals surface area contributed by atoms with Crippen molar-refractivity contribution >= 4 is 11.8 Å². The van der Waals surface area contributed by atoms with Crippen molar-refractivity contribution in [2.45, 2.75) is 46.5 Å². The van der Waals surface area contributed by atoms with Gasteiger partial charge < -0.3 is 10.1 Å². The van der Waals surface area contributed by atoms with Crippen molar-refractivity contribution in [3.8, 4) is 0 Å². The van der Waals surface area contributed by atoms with E-state index in [2.05, 4.69) is 5.32 Å². The van der Waals surface area contributed by atoms with Crippen LogP contribution in [0.5, 0.6) is 0 Å². The molecule has 0 spiro atoms. The van der Waals surface area contributed by atoms with Crippen LogP contribution in [0.15, 0.2) is 46.8 Å². The minimum Gasteiger partial charge on any atom is -0.463 e. The first kappa shape index (κ1) is 18.4. The molecule has 0 radical (unpaired) electrons. The van der Waals surface area contributed by atoms with Gasteiger partial charge in [-0.05, 0) is 43.4 Å². The maximum Gasteiger partial charge on any atom is 0.336 e. The maximum atomic E-state index is 13.9. The minimum absolute atomic E-state index is 0.00712. The minimum atomic E-state index is -0.607. The zero-order valence-corrected chi connectivity index (χ0v) is 15.6. The molecule has 0 fully saturated rings. The molecule has 1 heterocycles. The van der Waals surface area contributed by atoms with E-state index in [1.54, 1.807) is 26.0 Å². The number of nitrogens with one attached hydrogen (secondary N) is 1. The van der Waals surface area contributed by atoms with Crippen LogP contribution in [0.1, 0.15) is 52.0 Å². The van der Waals surface area contributed by atoms with E-state index in [9.17, 15) is 14.0 Å². The van der Waals surface area contributed by atoms with Crippen LogP contribution in [0, 0.1) is 11.2 Å². The first-order chi connectivity index (χ1) is 12.2. The van der Waals surface area contributed by atoms with Gasteiger partial charge in [0.15, 0.2) is 5.78 Å². The van der Waals surface area contributed by atoms with E-state index in [0.717, 1.165) is 5.70 Å². The van der Waals surface area contributed by atoms with E-state index in [-0.39, 0.29) is 17.8 Å². The Morgan fingerprint density at radius 1 is 1.35 bits per heavy atom. The van der Waals surface area contributed by atoms with Crippen LogP contribution < -0.4 is 5.32 Å². The third-order valence-corrected chi connectivity index (χ3v) is 4.92. The average Bonchev–Trinajstić information content (AvgIpc) is 2.52.